The molecule has 0 spiro atoms. The van der Waals surface area contributed by atoms with Crippen molar-refractivity contribution in [2.24, 2.45) is 0 Å². The van der Waals surface area contributed by atoms with Crippen molar-refractivity contribution >= 4 is 42.1 Å². The van der Waals surface area contributed by atoms with Crippen LogP contribution in [0.4, 0.5) is 0 Å². The van der Waals surface area contributed by atoms with E-state index in [4.69, 9.17) is 3.07 Å². The van der Waals surface area contributed by atoms with E-state index in [2.05, 4.69) is 0 Å². The molecule has 0 aliphatic heterocycles. The number of hydrogen-bond acceptors (Lipinski definition) is 5. The van der Waals surface area contributed by atoms with E-state index in [1.807, 2.05) is 0 Å². The topological polar surface area (TPSA) is 77.5 Å². The van der Waals surface area contributed by atoms with Crippen LogP contribution in [-0.4, -0.2) is 42.1 Å². The number of carbonyl (C=O) groups excluding carboxylic acids is 4. The van der Waals surface area contributed by atoms with Crippen LogP contribution in [0.15, 0.2) is 0 Å². The Kier molecular flexibility index (Phi) is 7.07. The molecule has 5 nitrogen and oxygen atoms in total. The van der Waals surface area contributed by atoms with Gasteiger partial charge in [-0.15, -0.1) is 0 Å². The van der Waals surface area contributed by atoms with Crippen LogP contribution in [0.1, 0.15) is 48.5 Å². The van der Waals surface area contributed by atoms with E-state index in [-0.39, 0.29) is 17.3 Å². The summed E-state index contributed by atoms with van der Waals surface area (Å²) >= 11 is -4.19. The molecular formula is C14H24O5Sn. The van der Waals surface area contributed by atoms with Gasteiger partial charge in [-0.25, -0.2) is 0 Å². The molecule has 3 unspecified atom stereocenters. The minimum atomic E-state index is -4.19. The summed E-state index contributed by atoms with van der Waals surface area (Å²) in [5.74, 6) is -0.926. The third-order valence-electron chi connectivity index (χ3n) is 4.18. The molecule has 0 rings (SSSR count). The molecular weight excluding hydrogens is 367 g/mol. The van der Waals surface area contributed by atoms with Gasteiger partial charge in [-0.1, -0.05) is 0 Å². The standard InChI is InChI=1S/3C4H7O.C2H4O2.Sn/c3*1-3-4(2)5;1-2(3)4;/h3*3H,1-2H3;1H3,(H,3,4);/q;;;;+1/p-1. The minimum absolute atomic E-state index is 0.136. The zero-order chi connectivity index (χ0) is 16.2. The summed E-state index contributed by atoms with van der Waals surface area (Å²) in [5, 5.41) is 0. The maximum atomic E-state index is 11.9. The Morgan fingerprint density at radius 2 is 0.950 bits per heavy atom. The van der Waals surface area contributed by atoms with Crippen LogP contribution in [0.3, 0.4) is 0 Å². The fourth-order valence-electron chi connectivity index (χ4n) is 2.59. The summed E-state index contributed by atoms with van der Waals surface area (Å²) in [6.07, 6.45) is 0. The molecule has 0 saturated heterocycles. The Balaban J connectivity index is 6.15. The molecule has 0 aromatic rings. The number of carbonyl (C=O) groups is 4. The van der Waals surface area contributed by atoms with Gasteiger partial charge in [0.2, 0.25) is 0 Å². The predicted octanol–water partition coefficient (Wildman–Crippen LogP) is 2.43. The van der Waals surface area contributed by atoms with Crippen LogP contribution >= 0.6 is 0 Å². The van der Waals surface area contributed by atoms with Gasteiger partial charge in [0.15, 0.2) is 0 Å². The van der Waals surface area contributed by atoms with Crippen molar-refractivity contribution in [3.8, 4) is 0 Å². The van der Waals surface area contributed by atoms with E-state index in [1.165, 1.54) is 27.7 Å². The Labute approximate surface area is 124 Å². The molecule has 114 valence electrons. The zero-order valence-corrected chi connectivity index (χ0v) is 16.1. The average molecular weight is 391 g/mol. The van der Waals surface area contributed by atoms with Crippen LogP contribution in [0.25, 0.3) is 0 Å². The summed E-state index contributed by atoms with van der Waals surface area (Å²) in [7, 11) is 0. The normalized spacial score (nSPS) is 18.4. The van der Waals surface area contributed by atoms with Gasteiger partial charge >= 0.3 is 125 Å². The first kappa shape index (κ1) is 19.3. The molecule has 3 atom stereocenters. The second-order valence-electron chi connectivity index (χ2n) is 5.44. The van der Waals surface area contributed by atoms with Gasteiger partial charge in [-0.3, -0.25) is 0 Å². The number of rotatable bonds is 7. The molecule has 0 amide bonds. The first-order valence-corrected chi connectivity index (χ1v) is 12.8. The SMILES string of the molecule is CC(=O)[O][Sn]([CH](C)C(C)=O)([CH](C)C(C)=O)[CH](C)C(C)=O. The van der Waals surface area contributed by atoms with Crippen LogP contribution in [0, 0.1) is 0 Å². The predicted molar refractivity (Wildman–Crippen MR) is 77.8 cm³/mol. The van der Waals surface area contributed by atoms with E-state index >= 15 is 0 Å². The average Bonchev–Trinajstić information content (AvgIpc) is 2.32. The van der Waals surface area contributed by atoms with Crippen molar-refractivity contribution in [1.29, 1.82) is 0 Å². The summed E-state index contributed by atoms with van der Waals surface area (Å²) in [4.78, 5) is 47.1. The second kappa shape index (κ2) is 7.33. The third kappa shape index (κ3) is 3.90. The number of ketones is 3. The Morgan fingerprint density at radius 1 is 0.700 bits per heavy atom. The zero-order valence-electron chi connectivity index (χ0n) is 13.3. The van der Waals surface area contributed by atoms with Crippen molar-refractivity contribution in [2.75, 3.05) is 0 Å². The molecule has 20 heavy (non-hydrogen) atoms. The second-order valence-corrected chi connectivity index (χ2v) is 18.3. The molecule has 0 fully saturated rings. The van der Waals surface area contributed by atoms with E-state index < -0.39 is 36.6 Å². The summed E-state index contributed by atoms with van der Waals surface area (Å²) in [6.45, 7) is 10.6. The Morgan fingerprint density at radius 3 is 1.10 bits per heavy atom. The number of Topliss-reactive ketones (excluding diaryl/α,β-unsaturated/α-hetero) is 3. The van der Waals surface area contributed by atoms with Gasteiger partial charge in [0.25, 0.3) is 0 Å². The van der Waals surface area contributed by atoms with Crippen molar-refractivity contribution in [3.05, 3.63) is 0 Å². The molecule has 0 heterocycles. The molecule has 0 aliphatic carbocycles. The third-order valence-corrected chi connectivity index (χ3v) is 21.1. The molecule has 0 bridgehead atoms. The monoisotopic (exact) mass is 392 g/mol. The first-order chi connectivity index (χ1) is 8.98. The van der Waals surface area contributed by atoms with Crippen molar-refractivity contribution in [1.82, 2.24) is 0 Å². The Hall–Kier alpha value is -0.721. The van der Waals surface area contributed by atoms with E-state index in [9.17, 15) is 19.2 Å². The van der Waals surface area contributed by atoms with Crippen LogP contribution in [0.5, 0.6) is 0 Å². The van der Waals surface area contributed by atoms with Gasteiger partial charge in [0.05, 0.1) is 0 Å². The van der Waals surface area contributed by atoms with E-state index in [0.717, 1.165) is 0 Å². The quantitative estimate of drug-likeness (QED) is 0.624. The van der Waals surface area contributed by atoms with Crippen molar-refractivity contribution < 1.29 is 22.3 Å². The van der Waals surface area contributed by atoms with Crippen LogP contribution in [0.2, 0.25) is 11.8 Å². The number of hydrogen-bond donors (Lipinski definition) is 0. The Bertz CT molecular complexity index is 379. The molecule has 0 aromatic carbocycles. The van der Waals surface area contributed by atoms with Gasteiger partial charge in [-0.05, 0) is 0 Å². The molecule has 0 saturated carbocycles. The molecule has 0 aliphatic rings. The van der Waals surface area contributed by atoms with Crippen molar-refractivity contribution in [2.45, 2.75) is 60.3 Å². The molecule has 0 radical (unpaired) electrons. The molecule has 6 heteroatoms. The summed E-state index contributed by atoms with van der Waals surface area (Å²) in [5.41, 5.74) is 0. The van der Waals surface area contributed by atoms with Crippen LogP contribution < -0.4 is 0 Å². The fraction of sp³-hybridized carbons (Fsp3) is 0.714. The maximum absolute atomic E-state index is 11.9. The van der Waals surface area contributed by atoms with Gasteiger partial charge in [-0.2, -0.15) is 0 Å². The summed E-state index contributed by atoms with van der Waals surface area (Å²) in [6, 6.07) is 0. The fourth-order valence-corrected chi connectivity index (χ4v) is 17.4. The summed E-state index contributed by atoms with van der Waals surface area (Å²) < 4.78 is 4.01. The van der Waals surface area contributed by atoms with Gasteiger partial charge in [0, 0.05) is 0 Å². The molecule has 0 N–H and O–H groups in total. The first-order valence-electron chi connectivity index (χ1n) is 6.69. The van der Waals surface area contributed by atoms with E-state index in [1.54, 1.807) is 20.8 Å². The van der Waals surface area contributed by atoms with Crippen LogP contribution in [-0.2, 0) is 22.3 Å². The van der Waals surface area contributed by atoms with Gasteiger partial charge in [0.1, 0.15) is 0 Å². The van der Waals surface area contributed by atoms with E-state index in [0.29, 0.717) is 0 Å². The van der Waals surface area contributed by atoms with Gasteiger partial charge < -0.3 is 0 Å². The molecule has 0 aromatic heterocycles. The van der Waals surface area contributed by atoms with Crippen molar-refractivity contribution in [3.63, 3.8) is 0 Å².